The van der Waals surface area contributed by atoms with Crippen molar-refractivity contribution in [1.82, 2.24) is 15.9 Å². The second-order valence-electron chi connectivity index (χ2n) is 8.43. The largest absolute Gasteiger partial charge is 0.493 e. The van der Waals surface area contributed by atoms with Crippen LogP contribution in [0.15, 0.2) is 101 Å². The van der Waals surface area contributed by atoms with Crippen molar-refractivity contribution >= 4 is 11.7 Å². The number of hydrogen-bond acceptors (Lipinski definition) is 8. The third kappa shape index (κ3) is 5.18. The maximum Gasteiger partial charge on any atom is 0.355 e. The Balaban J connectivity index is 1.30. The van der Waals surface area contributed by atoms with E-state index in [4.69, 9.17) is 9.15 Å². The molecule has 0 saturated carbocycles. The van der Waals surface area contributed by atoms with Gasteiger partial charge in [-0.15, -0.1) is 5.53 Å². The Morgan fingerprint density at radius 3 is 2.51 bits per heavy atom. The van der Waals surface area contributed by atoms with E-state index in [9.17, 15) is 15.0 Å². The number of aliphatic carboxylic acids is 1. The maximum absolute atomic E-state index is 11.9. The van der Waals surface area contributed by atoms with Crippen LogP contribution in [-0.2, 0) is 11.2 Å². The van der Waals surface area contributed by atoms with E-state index in [1.165, 1.54) is 5.01 Å². The summed E-state index contributed by atoms with van der Waals surface area (Å²) < 4.78 is 11.8. The number of carboxylic acids is 1. The molecule has 4 aromatic rings. The van der Waals surface area contributed by atoms with E-state index in [1.807, 2.05) is 55.5 Å². The molecule has 2 heterocycles. The molecule has 4 N–H and O–H groups in total. The van der Waals surface area contributed by atoms with Gasteiger partial charge in [0.15, 0.2) is 5.70 Å². The Bertz CT molecular complexity index is 1420. The summed E-state index contributed by atoms with van der Waals surface area (Å²) in [7, 11) is 0. The van der Waals surface area contributed by atoms with Crippen LogP contribution in [-0.4, -0.2) is 27.8 Å². The molecule has 9 heteroatoms. The Morgan fingerprint density at radius 1 is 1.05 bits per heavy atom. The first kappa shape index (κ1) is 24.1. The predicted octanol–water partition coefficient (Wildman–Crippen LogP) is 4.13. The number of oxazole rings is 1. The van der Waals surface area contributed by atoms with Crippen LogP contribution in [0.3, 0.4) is 0 Å². The summed E-state index contributed by atoms with van der Waals surface area (Å²) >= 11 is 0. The highest BCUT2D eigenvalue weighted by atomic mass is 16.5. The van der Waals surface area contributed by atoms with E-state index < -0.39 is 12.1 Å². The van der Waals surface area contributed by atoms with Crippen LogP contribution in [0.2, 0.25) is 0 Å². The molecule has 0 spiro atoms. The number of aryl methyl sites for hydroxylation is 1. The number of anilines is 1. The monoisotopic (exact) mass is 498 g/mol. The maximum atomic E-state index is 11.9. The molecule has 9 nitrogen and oxygen atoms in total. The standard InChI is InChI=1S/C28H26N4O5/c1-18-23(29-27(37-18)19-9-4-2-5-10-19)15-16-36-22-14-8-11-20(17-22)26(33)25-24(28(34)35)30-31-32(25)21-12-6-3-7-13-21/h2-14,17,26,30-31,33H,15-16H2,1H3,(H,34,35). The van der Waals surface area contributed by atoms with Gasteiger partial charge in [-0.1, -0.05) is 48.5 Å². The fourth-order valence-electron chi connectivity index (χ4n) is 4.11. The van der Waals surface area contributed by atoms with Crippen molar-refractivity contribution in [3.63, 3.8) is 0 Å². The van der Waals surface area contributed by atoms with Crippen LogP contribution < -0.4 is 20.7 Å². The first-order valence-electron chi connectivity index (χ1n) is 11.8. The molecule has 1 aliphatic heterocycles. The highest BCUT2D eigenvalue weighted by Crippen LogP contribution is 2.33. The number of nitrogens with one attached hydrogen (secondary N) is 2. The zero-order valence-corrected chi connectivity index (χ0v) is 20.1. The van der Waals surface area contributed by atoms with Crippen molar-refractivity contribution in [2.24, 2.45) is 0 Å². The topological polar surface area (TPSA) is 120 Å². The quantitative estimate of drug-likeness (QED) is 0.270. The molecule has 0 saturated heterocycles. The average Bonchev–Trinajstić information content (AvgIpc) is 3.54. The lowest BCUT2D eigenvalue weighted by Gasteiger charge is -2.24. The van der Waals surface area contributed by atoms with Crippen molar-refractivity contribution in [3.8, 4) is 17.2 Å². The van der Waals surface area contributed by atoms with Gasteiger partial charge in [-0.2, -0.15) is 0 Å². The van der Waals surface area contributed by atoms with Crippen molar-refractivity contribution in [3.05, 3.63) is 113 Å². The van der Waals surface area contributed by atoms with Crippen LogP contribution >= 0.6 is 0 Å². The van der Waals surface area contributed by atoms with Gasteiger partial charge >= 0.3 is 5.97 Å². The second-order valence-corrected chi connectivity index (χ2v) is 8.43. The highest BCUT2D eigenvalue weighted by molar-refractivity contribution is 5.89. The summed E-state index contributed by atoms with van der Waals surface area (Å²) in [6.07, 6.45) is -0.692. The van der Waals surface area contributed by atoms with Gasteiger partial charge < -0.3 is 19.4 Å². The summed E-state index contributed by atoms with van der Waals surface area (Å²) in [4.78, 5) is 16.5. The molecule has 188 valence electrons. The smallest absolute Gasteiger partial charge is 0.355 e. The Hall–Kier alpha value is -4.60. The third-order valence-corrected chi connectivity index (χ3v) is 5.97. The van der Waals surface area contributed by atoms with E-state index in [0.717, 1.165) is 17.0 Å². The number of carboxylic acid groups (broad SMARTS) is 1. The van der Waals surface area contributed by atoms with Gasteiger partial charge in [-0.05, 0) is 48.9 Å². The number of aromatic nitrogens is 1. The van der Waals surface area contributed by atoms with Gasteiger partial charge in [0.05, 0.1) is 18.0 Å². The number of nitrogens with zero attached hydrogens (tertiary/aromatic N) is 2. The number of rotatable bonds is 9. The van der Waals surface area contributed by atoms with E-state index in [0.29, 0.717) is 35.9 Å². The van der Waals surface area contributed by atoms with Gasteiger partial charge in [0.1, 0.15) is 23.3 Å². The van der Waals surface area contributed by atoms with Crippen molar-refractivity contribution in [1.29, 1.82) is 0 Å². The number of aliphatic hydroxyl groups excluding tert-OH is 1. The predicted molar refractivity (Wildman–Crippen MR) is 137 cm³/mol. The summed E-state index contributed by atoms with van der Waals surface area (Å²) in [6, 6.07) is 25.8. The van der Waals surface area contributed by atoms with E-state index in [-0.39, 0.29) is 11.4 Å². The molecule has 0 radical (unpaired) electrons. The van der Waals surface area contributed by atoms with Crippen LogP contribution in [0.4, 0.5) is 5.69 Å². The molecular formula is C28H26N4O5. The van der Waals surface area contributed by atoms with Crippen LogP contribution in [0.25, 0.3) is 11.5 Å². The molecule has 1 aliphatic rings. The number of carbonyl (C=O) groups is 1. The third-order valence-electron chi connectivity index (χ3n) is 5.97. The molecule has 0 bridgehead atoms. The van der Waals surface area contributed by atoms with Crippen molar-refractivity contribution < 1.29 is 24.2 Å². The van der Waals surface area contributed by atoms with E-state index in [2.05, 4.69) is 15.9 Å². The minimum absolute atomic E-state index is 0.140. The number of hydrazine groups is 2. The molecule has 0 aliphatic carbocycles. The first-order valence-corrected chi connectivity index (χ1v) is 11.8. The van der Waals surface area contributed by atoms with E-state index in [1.54, 1.807) is 36.4 Å². The molecule has 5 rings (SSSR count). The Kier molecular flexibility index (Phi) is 6.89. The van der Waals surface area contributed by atoms with Crippen LogP contribution in [0, 0.1) is 6.92 Å². The molecule has 1 unspecified atom stereocenters. The summed E-state index contributed by atoms with van der Waals surface area (Å²) in [5.41, 5.74) is 8.37. The average molecular weight is 499 g/mol. The molecule has 37 heavy (non-hydrogen) atoms. The van der Waals surface area contributed by atoms with Crippen molar-refractivity contribution in [2.45, 2.75) is 19.4 Å². The second kappa shape index (κ2) is 10.6. The Morgan fingerprint density at radius 2 is 1.78 bits per heavy atom. The van der Waals surface area contributed by atoms with Crippen LogP contribution in [0.5, 0.6) is 5.75 Å². The molecule has 1 aromatic heterocycles. The zero-order chi connectivity index (χ0) is 25.8. The number of hydrogen-bond donors (Lipinski definition) is 4. The molecule has 0 fully saturated rings. The normalized spacial score (nSPS) is 13.9. The SMILES string of the molecule is Cc1oc(-c2ccccc2)nc1CCOc1cccc(C(O)C2=C(C(=O)O)NNN2c2ccccc2)c1. The number of aliphatic hydroxyl groups is 1. The zero-order valence-electron chi connectivity index (χ0n) is 20.1. The van der Waals surface area contributed by atoms with Crippen LogP contribution in [0.1, 0.15) is 23.1 Å². The summed E-state index contributed by atoms with van der Waals surface area (Å²) in [5, 5.41) is 22.4. The lowest BCUT2D eigenvalue weighted by atomic mass is 10.0. The molecule has 1 atom stereocenters. The summed E-state index contributed by atoms with van der Waals surface area (Å²) in [6.45, 7) is 2.23. The minimum Gasteiger partial charge on any atom is -0.493 e. The lowest BCUT2D eigenvalue weighted by Crippen LogP contribution is -2.39. The minimum atomic E-state index is -1.23. The van der Waals surface area contributed by atoms with E-state index >= 15 is 0 Å². The number of benzene rings is 3. The van der Waals surface area contributed by atoms with Gasteiger partial charge in [0.2, 0.25) is 5.89 Å². The Labute approximate surface area is 213 Å². The van der Waals surface area contributed by atoms with Gasteiger partial charge in [0.25, 0.3) is 0 Å². The molecule has 3 aromatic carbocycles. The van der Waals surface area contributed by atoms with Gasteiger partial charge in [-0.25, -0.2) is 9.78 Å². The summed E-state index contributed by atoms with van der Waals surface area (Å²) in [5.74, 6) is 0.665. The molecular weight excluding hydrogens is 472 g/mol. The van der Waals surface area contributed by atoms with Gasteiger partial charge in [0, 0.05) is 12.0 Å². The fourth-order valence-corrected chi connectivity index (χ4v) is 4.11. The number of ether oxygens (including phenoxy) is 1. The van der Waals surface area contributed by atoms with Crippen molar-refractivity contribution in [2.75, 3.05) is 11.6 Å². The lowest BCUT2D eigenvalue weighted by molar-refractivity contribution is -0.133. The number of para-hydroxylation sites is 1. The van der Waals surface area contributed by atoms with Gasteiger partial charge in [-0.3, -0.25) is 10.4 Å². The fraction of sp³-hybridized carbons (Fsp3) is 0.143. The highest BCUT2D eigenvalue weighted by Gasteiger charge is 2.33. The first-order chi connectivity index (χ1) is 18.0. The molecule has 0 amide bonds.